The van der Waals surface area contributed by atoms with Crippen LogP contribution in [0.4, 0.5) is 10.2 Å². The van der Waals surface area contributed by atoms with Gasteiger partial charge in [0.15, 0.2) is 5.65 Å². The number of para-hydroxylation sites is 1. The number of ether oxygens (including phenoxy) is 1. The number of rotatable bonds is 8. The van der Waals surface area contributed by atoms with E-state index in [0.29, 0.717) is 46.9 Å². The Morgan fingerprint density at radius 1 is 1.11 bits per heavy atom. The number of piperazine rings is 1. The third-order valence-corrected chi connectivity index (χ3v) is 9.05. The number of halogens is 1. The highest BCUT2D eigenvalue weighted by Crippen LogP contribution is 2.37. The molecule has 2 aliphatic heterocycles. The van der Waals surface area contributed by atoms with Crippen molar-refractivity contribution in [3.63, 3.8) is 0 Å². The van der Waals surface area contributed by atoms with Gasteiger partial charge in [0.1, 0.15) is 41.4 Å². The lowest BCUT2D eigenvalue weighted by Crippen LogP contribution is -2.53. The number of likely N-dealkylation sites (tertiary alicyclic amines) is 1. The number of piperidine rings is 1. The Labute approximate surface area is 268 Å². The predicted molar refractivity (Wildman–Crippen MR) is 174 cm³/mol. The summed E-state index contributed by atoms with van der Waals surface area (Å²) >= 11 is 0. The van der Waals surface area contributed by atoms with Gasteiger partial charge in [0, 0.05) is 56.4 Å². The maximum absolute atomic E-state index is 15.6. The third kappa shape index (κ3) is 6.45. The van der Waals surface area contributed by atoms with Crippen LogP contribution in [0.25, 0.3) is 22.3 Å². The fraction of sp³-hybridized carbons (Fsp3) is 0.412. The SMILES string of the molecule is CN1CCN(C(C)(C)/C=C(\C#N)C(O)N2CCC[C@@H](n3nc(-c4ccc(Oc5ccccc5)cc4F)c4c(N)ncnc43)C2)CC1. The molecule has 2 atom stereocenters. The van der Waals surface area contributed by atoms with Crippen LogP contribution in [0.3, 0.4) is 0 Å². The van der Waals surface area contributed by atoms with Gasteiger partial charge >= 0.3 is 0 Å². The highest BCUT2D eigenvalue weighted by atomic mass is 19.1. The predicted octanol–water partition coefficient (Wildman–Crippen LogP) is 4.44. The number of nitrogens with two attached hydrogens (primary N) is 1. The van der Waals surface area contributed by atoms with Crippen LogP contribution < -0.4 is 10.5 Å². The lowest BCUT2D eigenvalue weighted by Gasteiger charge is -2.42. The quantitative estimate of drug-likeness (QED) is 0.271. The van der Waals surface area contributed by atoms with Crippen molar-refractivity contribution < 1.29 is 14.2 Å². The molecule has 0 saturated carbocycles. The molecule has 0 amide bonds. The minimum Gasteiger partial charge on any atom is -0.457 e. The Kier molecular flexibility index (Phi) is 9.02. The lowest BCUT2D eigenvalue weighted by atomic mass is 9.96. The van der Waals surface area contributed by atoms with Crippen molar-refractivity contribution >= 4 is 16.9 Å². The first-order valence-corrected chi connectivity index (χ1v) is 15.6. The highest BCUT2D eigenvalue weighted by Gasteiger charge is 2.33. The molecule has 240 valence electrons. The number of hydrogen-bond donors (Lipinski definition) is 2. The fourth-order valence-electron chi connectivity index (χ4n) is 6.44. The van der Waals surface area contributed by atoms with Crippen LogP contribution in [-0.2, 0) is 0 Å². The topological polar surface area (TPSA) is 133 Å². The number of aromatic nitrogens is 4. The molecule has 11 nitrogen and oxygen atoms in total. The Hall–Kier alpha value is -4.41. The second kappa shape index (κ2) is 13.1. The van der Waals surface area contributed by atoms with E-state index < -0.39 is 17.6 Å². The summed E-state index contributed by atoms with van der Waals surface area (Å²) in [5.74, 6) is 0.636. The summed E-state index contributed by atoms with van der Waals surface area (Å²) in [5, 5.41) is 26.9. The number of benzene rings is 2. The minimum atomic E-state index is -1.07. The number of anilines is 1. The van der Waals surface area contributed by atoms with Crippen LogP contribution in [0.5, 0.6) is 11.5 Å². The zero-order valence-electron chi connectivity index (χ0n) is 26.5. The average Bonchev–Trinajstić information content (AvgIpc) is 3.45. The Morgan fingerprint density at radius 3 is 2.59 bits per heavy atom. The van der Waals surface area contributed by atoms with Crippen molar-refractivity contribution in [2.24, 2.45) is 0 Å². The molecular weight excluding hydrogens is 585 g/mol. The maximum Gasteiger partial charge on any atom is 0.164 e. The van der Waals surface area contributed by atoms with Gasteiger partial charge in [-0.3, -0.25) is 9.80 Å². The summed E-state index contributed by atoms with van der Waals surface area (Å²) in [6.45, 7) is 8.91. The molecule has 2 aromatic carbocycles. The van der Waals surface area contributed by atoms with Crippen LogP contribution in [0.15, 0.2) is 66.5 Å². The standard InChI is InChI=1S/C34H40FN9O2/c1-34(2,43-16-14-41(3)15-17-43)19-23(20-36)33(45)42-13-7-8-24(21-42)44-32-29(31(37)38-22-39-32)30(40-44)27-12-11-26(18-28(27)35)46-25-9-5-4-6-10-25/h4-6,9-12,18-19,22,24,33,45H,7-8,13-17,21H2,1-3H3,(H2,37,38,39)/b23-19+/t24-,33?/m1/s1. The van der Waals surface area contributed by atoms with E-state index in [1.165, 1.54) is 12.4 Å². The first-order chi connectivity index (χ1) is 22.1. The Bertz CT molecular complexity index is 1760. The summed E-state index contributed by atoms with van der Waals surface area (Å²) in [4.78, 5) is 15.2. The molecule has 12 heteroatoms. The van der Waals surface area contributed by atoms with Crippen LogP contribution in [0.2, 0.25) is 0 Å². The number of aliphatic hydroxyl groups excluding tert-OH is 1. The van der Waals surface area contributed by atoms with Gasteiger partial charge in [-0.15, -0.1) is 0 Å². The molecule has 0 aliphatic carbocycles. The van der Waals surface area contributed by atoms with Gasteiger partial charge in [0.2, 0.25) is 0 Å². The van der Waals surface area contributed by atoms with Crippen molar-refractivity contribution in [1.29, 1.82) is 5.26 Å². The molecule has 6 rings (SSSR count). The van der Waals surface area contributed by atoms with Gasteiger partial charge in [0.25, 0.3) is 0 Å². The van der Waals surface area contributed by atoms with Gasteiger partial charge < -0.3 is 20.5 Å². The van der Waals surface area contributed by atoms with Crippen LogP contribution in [0.1, 0.15) is 32.7 Å². The van der Waals surface area contributed by atoms with Gasteiger partial charge in [-0.05, 0) is 64.1 Å². The molecule has 2 fully saturated rings. The smallest absolute Gasteiger partial charge is 0.164 e. The number of hydrogen-bond acceptors (Lipinski definition) is 10. The van der Waals surface area contributed by atoms with Crippen molar-refractivity contribution in [1.82, 2.24) is 34.4 Å². The number of fused-ring (bicyclic) bond motifs is 1. The van der Waals surface area contributed by atoms with Gasteiger partial charge in [0.05, 0.1) is 23.1 Å². The van der Waals surface area contributed by atoms with Crippen molar-refractivity contribution in [3.8, 4) is 28.8 Å². The largest absolute Gasteiger partial charge is 0.457 e. The second-order valence-corrected chi connectivity index (χ2v) is 12.6. The van der Waals surface area contributed by atoms with Crippen LogP contribution in [0, 0.1) is 17.1 Å². The summed E-state index contributed by atoms with van der Waals surface area (Å²) in [6, 6.07) is 15.9. The molecule has 0 radical (unpaired) electrons. The van der Waals surface area contributed by atoms with Gasteiger partial charge in [-0.1, -0.05) is 18.2 Å². The molecule has 2 saturated heterocycles. The van der Waals surface area contributed by atoms with Crippen LogP contribution in [-0.4, -0.2) is 97.6 Å². The summed E-state index contributed by atoms with van der Waals surface area (Å²) in [5.41, 5.74) is 7.33. The van der Waals surface area contributed by atoms with Crippen LogP contribution >= 0.6 is 0 Å². The Balaban J connectivity index is 1.27. The maximum atomic E-state index is 15.6. The molecule has 4 heterocycles. The van der Waals surface area contributed by atoms with Gasteiger partial charge in [-0.2, -0.15) is 10.4 Å². The third-order valence-electron chi connectivity index (χ3n) is 9.05. The molecule has 4 aromatic rings. The van der Waals surface area contributed by atoms with E-state index in [1.54, 1.807) is 28.9 Å². The molecule has 2 aliphatic rings. The summed E-state index contributed by atoms with van der Waals surface area (Å²) < 4.78 is 23.2. The number of nitriles is 1. The van der Waals surface area contributed by atoms with E-state index in [0.717, 1.165) is 39.0 Å². The zero-order valence-corrected chi connectivity index (χ0v) is 26.5. The highest BCUT2D eigenvalue weighted by molar-refractivity contribution is 5.98. The van der Waals surface area contributed by atoms with E-state index in [9.17, 15) is 10.4 Å². The lowest BCUT2D eigenvalue weighted by molar-refractivity contribution is 0.00585. The van der Waals surface area contributed by atoms with E-state index in [1.807, 2.05) is 29.2 Å². The first-order valence-electron chi connectivity index (χ1n) is 15.6. The number of likely N-dealkylation sites (N-methyl/N-ethyl adjacent to an activating group) is 1. The van der Waals surface area contributed by atoms with Crippen molar-refractivity contribution in [2.75, 3.05) is 52.0 Å². The minimum absolute atomic E-state index is 0.198. The Morgan fingerprint density at radius 2 is 1.87 bits per heavy atom. The molecule has 0 bridgehead atoms. The number of aliphatic hydroxyl groups is 1. The van der Waals surface area contributed by atoms with E-state index in [4.69, 9.17) is 15.6 Å². The van der Waals surface area contributed by atoms with E-state index in [2.05, 4.69) is 46.7 Å². The fourth-order valence-corrected chi connectivity index (χ4v) is 6.44. The molecule has 46 heavy (non-hydrogen) atoms. The number of nitrogens with zero attached hydrogens (tertiary/aromatic N) is 8. The van der Waals surface area contributed by atoms with Crippen molar-refractivity contribution in [2.45, 2.75) is 44.5 Å². The second-order valence-electron chi connectivity index (χ2n) is 12.6. The average molecular weight is 626 g/mol. The number of nitrogen functional groups attached to an aromatic ring is 1. The zero-order chi connectivity index (χ0) is 32.4. The molecule has 0 spiro atoms. The molecule has 2 aromatic heterocycles. The van der Waals surface area contributed by atoms with Gasteiger partial charge in [-0.25, -0.2) is 19.0 Å². The van der Waals surface area contributed by atoms with E-state index >= 15 is 4.39 Å². The van der Waals surface area contributed by atoms with E-state index in [-0.39, 0.29) is 17.4 Å². The molecule has 3 N–H and O–H groups in total. The molecular formula is C34H40FN9O2. The normalized spacial score (nSPS) is 19.7. The summed E-state index contributed by atoms with van der Waals surface area (Å²) in [6.07, 6.45) is 3.72. The molecule has 1 unspecified atom stereocenters. The summed E-state index contributed by atoms with van der Waals surface area (Å²) in [7, 11) is 2.11. The van der Waals surface area contributed by atoms with Crippen molar-refractivity contribution in [3.05, 3.63) is 72.3 Å². The first kappa shape index (κ1) is 31.6. The monoisotopic (exact) mass is 625 g/mol.